The molecule has 16 heavy (non-hydrogen) atoms. The molecule has 0 spiro atoms. The van der Waals surface area contributed by atoms with Gasteiger partial charge in [0, 0.05) is 11.6 Å². The van der Waals surface area contributed by atoms with Crippen LogP contribution < -0.4 is 10.5 Å². The fourth-order valence-corrected chi connectivity index (χ4v) is 1.92. The number of benzene rings is 2. The monoisotopic (exact) mass is 237 g/mol. The van der Waals surface area contributed by atoms with E-state index in [-0.39, 0.29) is 18.4 Å². The van der Waals surface area contributed by atoms with Crippen LogP contribution in [0.15, 0.2) is 36.4 Å². The predicted molar refractivity (Wildman–Crippen MR) is 70.4 cm³/mol. The highest BCUT2D eigenvalue weighted by atomic mass is 35.5. The highest BCUT2D eigenvalue weighted by Crippen LogP contribution is 2.31. The van der Waals surface area contributed by atoms with Crippen molar-refractivity contribution in [2.45, 2.75) is 13.0 Å². The second kappa shape index (κ2) is 5.19. The Hall–Kier alpha value is -1.25. The number of methoxy groups -OCH3 is 1. The molecule has 3 heteroatoms. The largest absolute Gasteiger partial charge is 0.496 e. The summed E-state index contributed by atoms with van der Waals surface area (Å²) in [6.45, 7) is 1.98. The number of hydrogen-bond donors (Lipinski definition) is 1. The van der Waals surface area contributed by atoms with Crippen LogP contribution in [-0.4, -0.2) is 7.11 Å². The topological polar surface area (TPSA) is 35.2 Å². The number of ether oxygens (including phenoxy) is 1. The molecular formula is C13H16ClNO. The predicted octanol–water partition coefficient (Wildman–Crippen LogP) is 3.29. The lowest BCUT2D eigenvalue weighted by Crippen LogP contribution is -2.07. The van der Waals surface area contributed by atoms with Crippen molar-refractivity contribution in [1.29, 1.82) is 0 Å². The molecule has 0 bridgehead atoms. The Bertz CT molecular complexity index is 482. The van der Waals surface area contributed by atoms with Gasteiger partial charge in [-0.15, -0.1) is 12.4 Å². The van der Waals surface area contributed by atoms with Gasteiger partial charge in [0.1, 0.15) is 5.75 Å². The Morgan fingerprint density at radius 1 is 1.12 bits per heavy atom. The molecule has 0 aliphatic rings. The van der Waals surface area contributed by atoms with Crippen LogP contribution in [0.25, 0.3) is 10.8 Å². The van der Waals surface area contributed by atoms with Crippen molar-refractivity contribution in [1.82, 2.24) is 0 Å². The average molecular weight is 238 g/mol. The van der Waals surface area contributed by atoms with Crippen LogP contribution in [0.5, 0.6) is 5.75 Å². The highest BCUT2D eigenvalue weighted by molar-refractivity contribution is 5.88. The zero-order valence-corrected chi connectivity index (χ0v) is 10.3. The van der Waals surface area contributed by atoms with Crippen LogP contribution >= 0.6 is 12.4 Å². The van der Waals surface area contributed by atoms with E-state index in [1.165, 1.54) is 10.8 Å². The van der Waals surface area contributed by atoms with Crippen LogP contribution in [0.2, 0.25) is 0 Å². The normalized spacial score (nSPS) is 11.9. The molecule has 86 valence electrons. The van der Waals surface area contributed by atoms with Crippen molar-refractivity contribution >= 4 is 23.2 Å². The molecular weight excluding hydrogens is 222 g/mol. The first-order valence-electron chi connectivity index (χ1n) is 5.05. The maximum absolute atomic E-state index is 5.98. The summed E-state index contributed by atoms with van der Waals surface area (Å²) in [6, 6.07) is 12.2. The second-order valence-corrected chi connectivity index (χ2v) is 3.69. The van der Waals surface area contributed by atoms with E-state index in [0.717, 1.165) is 11.3 Å². The highest BCUT2D eigenvalue weighted by Gasteiger charge is 2.11. The summed E-state index contributed by atoms with van der Waals surface area (Å²) >= 11 is 0. The van der Waals surface area contributed by atoms with Crippen LogP contribution in [0.4, 0.5) is 0 Å². The summed E-state index contributed by atoms with van der Waals surface area (Å²) in [5.41, 5.74) is 7.06. The number of fused-ring (bicyclic) bond motifs is 1. The first kappa shape index (κ1) is 12.8. The summed E-state index contributed by atoms with van der Waals surface area (Å²) in [7, 11) is 1.68. The van der Waals surface area contributed by atoms with Gasteiger partial charge in [0.05, 0.1) is 7.11 Å². The molecule has 0 radical (unpaired) electrons. The van der Waals surface area contributed by atoms with Gasteiger partial charge >= 0.3 is 0 Å². The lowest BCUT2D eigenvalue weighted by Gasteiger charge is -2.14. The number of nitrogens with two attached hydrogens (primary N) is 1. The molecule has 0 saturated heterocycles. The minimum atomic E-state index is -0.0222. The average Bonchev–Trinajstić information content (AvgIpc) is 2.27. The summed E-state index contributed by atoms with van der Waals surface area (Å²) < 4.78 is 5.33. The van der Waals surface area contributed by atoms with Gasteiger partial charge in [-0.05, 0) is 23.8 Å². The molecule has 2 aromatic carbocycles. The number of halogens is 1. The first-order valence-corrected chi connectivity index (χ1v) is 5.05. The van der Waals surface area contributed by atoms with Crippen LogP contribution in [0.3, 0.4) is 0 Å². The van der Waals surface area contributed by atoms with Gasteiger partial charge in [-0.1, -0.05) is 30.3 Å². The summed E-state index contributed by atoms with van der Waals surface area (Å²) in [4.78, 5) is 0. The quantitative estimate of drug-likeness (QED) is 0.870. The Kier molecular flexibility index (Phi) is 4.16. The van der Waals surface area contributed by atoms with Gasteiger partial charge in [0.15, 0.2) is 0 Å². The molecule has 0 amide bonds. The molecule has 1 atom stereocenters. The molecule has 0 heterocycles. The molecule has 0 aliphatic heterocycles. The van der Waals surface area contributed by atoms with Gasteiger partial charge in [0.25, 0.3) is 0 Å². The third-order valence-corrected chi connectivity index (χ3v) is 2.61. The van der Waals surface area contributed by atoms with E-state index in [9.17, 15) is 0 Å². The molecule has 2 N–H and O–H groups in total. The Morgan fingerprint density at radius 2 is 1.81 bits per heavy atom. The molecule has 2 rings (SSSR count). The van der Waals surface area contributed by atoms with Crippen molar-refractivity contribution in [2.75, 3.05) is 7.11 Å². The van der Waals surface area contributed by atoms with E-state index in [2.05, 4.69) is 18.2 Å². The van der Waals surface area contributed by atoms with E-state index < -0.39 is 0 Å². The molecule has 0 aromatic heterocycles. The zero-order chi connectivity index (χ0) is 10.8. The van der Waals surface area contributed by atoms with Crippen LogP contribution in [-0.2, 0) is 0 Å². The molecule has 0 unspecified atom stereocenters. The Morgan fingerprint density at radius 3 is 2.44 bits per heavy atom. The standard InChI is InChI=1S/C13H15NO.ClH/c1-9(14)13-11-6-4-3-5-10(11)7-8-12(13)15-2;/h3-9H,14H2,1-2H3;1H/t9-;/m0./s1. The maximum atomic E-state index is 5.98. The van der Waals surface area contributed by atoms with Crippen molar-refractivity contribution in [3.05, 3.63) is 42.0 Å². The van der Waals surface area contributed by atoms with Gasteiger partial charge in [-0.2, -0.15) is 0 Å². The number of hydrogen-bond acceptors (Lipinski definition) is 2. The smallest absolute Gasteiger partial charge is 0.124 e. The molecule has 2 nitrogen and oxygen atoms in total. The zero-order valence-electron chi connectivity index (χ0n) is 9.44. The molecule has 0 fully saturated rings. The van der Waals surface area contributed by atoms with Crippen molar-refractivity contribution in [3.8, 4) is 5.75 Å². The number of rotatable bonds is 2. The van der Waals surface area contributed by atoms with Gasteiger partial charge in [-0.3, -0.25) is 0 Å². The molecule has 0 aliphatic carbocycles. The third kappa shape index (κ3) is 2.13. The van der Waals surface area contributed by atoms with E-state index in [4.69, 9.17) is 10.5 Å². The summed E-state index contributed by atoms with van der Waals surface area (Å²) in [5, 5.41) is 2.37. The van der Waals surface area contributed by atoms with Crippen LogP contribution in [0.1, 0.15) is 18.5 Å². The van der Waals surface area contributed by atoms with Crippen LogP contribution in [0, 0.1) is 0 Å². The minimum absolute atomic E-state index is 0. The van der Waals surface area contributed by atoms with Gasteiger partial charge in [-0.25, -0.2) is 0 Å². The van der Waals surface area contributed by atoms with Crippen molar-refractivity contribution in [3.63, 3.8) is 0 Å². The van der Waals surface area contributed by atoms with E-state index >= 15 is 0 Å². The lowest BCUT2D eigenvalue weighted by atomic mass is 9.99. The molecule has 2 aromatic rings. The SMILES string of the molecule is COc1ccc2ccccc2c1[C@H](C)N.Cl. The second-order valence-electron chi connectivity index (χ2n) is 3.69. The summed E-state index contributed by atoms with van der Waals surface area (Å²) in [6.07, 6.45) is 0. The van der Waals surface area contributed by atoms with Gasteiger partial charge < -0.3 is 10.5 Å². The third-order valence-electron chi connectivity index (χ3n) is 2.61. The van der Waals surface area contributed by atoms with Gasteiger partial charge in [0.2, 0.25) is 0 Å². The summed E-state index contributed by atoms with van der Waals surface area (Å²) in [5.74, 6) is 0.865. The Balaban J connectivity index is 0.00000128. The lowest BCUT2D eigenvalue weighted by molar-refractivity contribution is 0.408. The fourth-order valence-electron chi connectivity index (χ4n) is 1.92. The van der Waals surface area contributed by atoms with Crippen molar-refractivity contribution < 1.29 is 4.74 Å². The van der Waals surface area contributed by atoms with Crippen molar-refractivity contribution in [2.24, 2.45) is 5.73 Å². The Labute approximate surface area is 102 Å². The van der Waals surface area contributed by atoms with E-state index in [1.54, 1.807) is 7.11 Å². The maximum Gasteiger partial charge on any atom is 0.124 e. The van der Waals surface area contributed by atoms with E-state index in [1.807, 2.05) is 25.1 Å². The fraction of sp³-hybridized carbons (Fsp3) is 0.231. The first-order chi connectivity index (χ1) is 7.24. The van der Waals surface area contributed by atoms with E-state index in [0.29, 0.717) is 0 Å². The minimum Gasteiger partial charge on any atom is -0.496 e. The molecule has 0 saturated carbocycles.